The molecule has 1 saturated carbocycles. The topological polar surface area (TPSA) is 63.6 Å². The number of carbonyl (C=O) groups is 2. The predicted octanol–water partition coefficient (Wildman–Crippen LogP) is 1.76. The maximum atomic E-state index is 12.0. The van der Waals surface area contributed by atoms with Crippen LogP contribution < -0.4 is 0 Å². The fourth-order valence-corrected chi connectivity index (χ4v) is 3.97. The third kappa shape index (κ3) is 1.49. The maximum Gasteiger partial charge on any atom is 0.312 e. The van der Waals surface area contributed by atoms with Gasteiger partial charge in [0.1, 0.15) is 5.60 Å². The average Bonchev–Trinajstić information content (AvgIpc) is 2.59. The van der Waals surface area contributed by atoms with Crippen LogP contribution in [0.3, 0.4) is 0 Å². The molecule has 1 heterocycles. The van der Waals surface area contributed by atoms with Gasteiger partial charge < -0.3 is 9.84 Å². The Bertz CT molecular complexity index is 506. The van der Waals surface area contributed by atoms with E-state index in [9.17, 15) is 14.7 Å². The summed E-state index contributed by atoms with van der Waals surface area (Å²) in [5.74, 6) is -0.748. The number of fused-ring (bicyclic) bond motifs is 3. The number of ketones is 1. The SMILES string of the molecule is CC1=C2[C@@H]3OC(=O)[C@H](C)[C@@]3(O)CC[C@@]2(C)CCC1=O. The van der Waals surface area contributed by atoms with Gasteiger partial charge in [0.2, 0.25) is 0 Å². The number of hydrogen-bond donors (Lipinski definition) is 1. The molecule has 0 bridgehead atoms. The van der Waals surface area contributed by atoms with Gasteiger partial charge in [-0.2, -0.15) is 0 Å². The van der Waals surface area contributed by atoms with Gasteiger partial charge in [0.15, 0.2) is 11.9 Å². The first-order valence-corrected chi connectivity index (χ1v) is 6.97. The normalized spacial score (nSPS) is 45.9. The monoisotopic (exact) mass is 264 g/mol. The van der Waals surface area contributed by atoms with Crippen LogP contribution in [0.15, 0.2) is 11.1 Å². The highest BCUT2D eigenvalue weighted by Crippen LogP contribution is 2.56. The molecule has 0 unspecified atom stereocenters. The number of ether oxygens (including phenoxy) is 1. The molecule has 0 aromatic carbocycles. The van der Waals surface area contributed by atoms with Crippen molar-refractivity contribution in [3.05, 3.63) is 11.1 Å². The number of rotatable bonds is 0. The molecule has 4 heteroatoms. The van der Waals surface area contributed by atoms with E-state index in [1.807, 2.05) is 0 Å². The van der Waals surface area contributed by atoms with Gasteiger partial charge in [-0.3, -0.25) is 9.59 Å². The van der Waals surface area contributed by atoms with Crippen LogP contribution in [0.5, 0.6) is 0 Å². The molecule has 1 saturated heterocycles. The molecule has 0 aromatic rings. The van der Waals surface area contributed by atoms with E-state index >= 15 is 0 Å². The first-order chi connectivity index (χ1) is 8.79. The second kappa shape index (κ2) is 3.69. The van der Waals surface area contributed by atoms with E-state index in [0.29, 0.717) is 18.4 Å². The number of allylic oxidation sites excluding steroid dienone is 1. The quantitative estimate of drug-likeness (QED) is 0.677. The molecular weight excluding hydrogens is 244 g/mol. The van der Waals surface area contributed by atoms with Crippen LogP contribution in [-0.2, 0) is 14.3 Å². The van der Waals surface area contributed by atoms with Crippen LogP contribution in [0.4, 0.5) is 0 Å². The minimum Gasteiger partial charge on any atom is -0.454 e. The highest BCUT2D eigenvalue weighted by molar-refractivity contribution is 5.97. The van der Waals surface area contributed by atoms with Crippen LogP contribution in [0.2, 0.25) is 0 Å². The molecule has 104 valence electrons. The maximum absolute atomic E-state index is 12.0. The molecule has 3 aliphatic rings. The molecule has 2 aliphatic carbocycles. The van der Waals surface area contributed by atoms with Gasteiger partial charge in [-0.1, -0.05) is 6.92 Å². The second-order valence-electron chi connectivity index (χ2n) is 6.55. The third-order valence-corrected chi connectivity index (χ3v) is 5.51. The summed E-state index contributed by atoms with van der Waals surface area (Å²) in [6.07, 6.45) is 2.09. The van der Waals surface area contributed by atoms with Gasteiger partial charge in [-0.25, -0.2) is 0 Å². The fourth-order valence-electron chi connectivity index (χ4n) is 3.97. The van der Waals surface area contributed by atoms with Crippen molar-refractivity contribution >= 4 is 11.8 Å². The largest absolute Gasteiger partial charge is 0.454 e. The van der Waals surface area contributed by atoms with Crippen LogP contribution in [-0.4, -0.2) is 28.6 Å². The molecule has 1 N–H and O–H groups in total. The summed E-state index contributed by atoms with van der Waals surface area (Å²) in [5, 5.41) is 10.8. The van der Waals surface area contributed by atoms with E-state index in [2.05, 4.69) is 6.92 Å². The van der Waals surface area contributed by atoms with E-state index in [4.69, 9.17) is 4.74 Å². The zero-order valence-corrected chi connectivity index (χ0v) is 11.7. The van der Waals surface area contributed by atoms with Crippen molar-refractivity contribution in [2.24, 2.45) is 11.3 Å². The molecular formula is C15H20O4. The van der Waals surface area contributed by atoms with E-state index in [0.717, 1.165) is 18.4 Å². The molecule has 19 heavy (non-hydrogen) atoms. The summed E-state index contributed by atoms with van der Waals surface area (Å²) < 4.78 is 5.43. The van der Waals surface area contributed by atoms with Crippen molar-refractivity contribution in [2.75, 3.05) is 0 Å². The lowest BCUT2D eigenvalue weighted by Gasteiger charge is -2.48. The van der Waals surface area contributed by atoms with Gasteiger partial charge in [0.25, 0.3) is 0 Å². The molecule has 0 radical (unpaired) electrons. The molecule has 0 amide bonds. The molecule has 3 rings (SSSR count). The van der Waals surface area contributed by atoms with Gasteiger partial charge in [-0.15, -0.1) is 0 Å². The Balaban J connectivity index is 2.15. The Morgan fingerprint density at radius 3 is 2.63 bits per heavy atom. The lowest BCUT2D eigenvalue weighted by Crippen LogP contribution is -2.53. The summed E-state index contributed by atoms with van der Waals surface area (Å²) >= 11 is 0. The Kier molecular flexibility index (Phi) is 2.50. The van der Waals surface area contributed by atoms with Crippen molar-refractivity contribution in [1.82, 2.24) is 0 Å². The Labute approximate surface area is 112 Å². The van der Waals surface area contributed by atoms with E-state index in [1.54, 1.807) is 13.8 Å². The van der Waals surface area contributed by atoms with Crippen LogP contribution in [0.25, 0.3) is 0 Å². The van der Waals surface area contributed by atoms with E-state index in [-0.39, 0.29) is 17.2 Å². The molecule has 4 nitrogen and oxygen atoms in total. The molecule has 2 fully saturated rings. The zero-order valence-electron chi connectivity index (χ0n) is 11.7. The smallest absolute Gasteiger partial charge is 0.312 e. The van der Waals surface area contributed by atoms with Gasteiger partial charge in [-0.05, 0) is 49.7 Å². The lowest BCUT2D eigenvalue weighted by atomic mass is 9.58. The third-order valence-electron chi connectivity index (χ3n) is 5.51. The molecule has 4 atom stereocenters. The number of Topliss-reactive ketones (excluding diaryl/α,β-unsaturated/α-hetero) is 1. The van der Waals surface area contributed by atoms with E-state index < -0.39 is 17.6 Å². The van der Waals surface area contributed by atoms with E-state index in [1.165, 1.54) is 0 Å². The van der Waals surface area contributed by atoms with Gasteiger partial charge >= 0.3 is 5.97 Å². The Hall–Kier alpha value is -1.16. The number of hydrogen-bond acceptors (Lipinski definition) is 4. The summed E-state index contributed by atoms with van der Waals surface area (Å²) in [6.45, 7) is 5.64. The molecule has 0 aromatic heterocycles. The lowest BCUT2D eigenvalue weighted by molar-refractivity contribution is -0.144. The van der Waals surface area contributed by atoms with Crippen molar-refractivity contribution in [3.63, 3.8) is 0 Å². The number of aliphatic hydroxyl groups is 1. The first kappa shape index (κ1) is 12.9. The highest BCUT2D eigenvalue weighted by atomic mass is 16.6. The Morgan fingerprint density at radius 1 is 1.26 bits per heavy atom. The Morgan fingerprint density at radius 2 is 1.95 bits per heavy atom. The minimum absolute atomic E-state index is 0.112. The van der Waals surface area contributed by atoms with Crippen molar-refractivity contribution < 1.29 is 19.4 Å². The fraction of sp³-hybridized carbons (Fsp3) is 0.733. The van der Waals surface area contributed by atoms with Crippen LogP contribution >= 0.6 is 0 Å². The van der Waals surface area contributed by atoms with Crippen LogP contribution in [0, 0.1) is 11.3 Å². The van der Waals surface area contributed by atoms with Crippen molar-refractivity contribution in [1.29, 1.82) is 0 Å². The van der Waals surface area contributed by atoms with Crippen molar-refractivity contribution in [2.45, 2.75) is 58.2 Å². The predicted molar refractivity (Wildman–Crippen MR) is 68.3 cm³/mol. The van der Waals surface area contributed by atoms with Gasteiger partial charge in [0, 0.05) is 6.42 Å². The number of carbonyl (C=O) groups excluding carboxylic acids is 2. The molecule has 0 spiro atoms. The first-order valence-electron chi connectivity index (χ1n) is 6.97. The van der Waals surface area contributed by atoms with Crippen LogP contribution in [0.1, 0.15) is 46.5 Å². The van der Waals surface area contributed by atoms with Gasteiger partial charge in [0.05, 0.1) is 5.92 Å². The summed E-state index contributed by atoms with van der Waals surface area (Å²) in [4.78, 5) is 23.8. The second-order valence-corrected chi connectivity index (χ2v) is 6.55. The summed E-state index contributed by atoms with van der Waals surface area (Å²) in [5.41, 5.74) is 0.318. The average molecular weight is 264 g/mol. The number of esters is 1. The summed E-state index contributed by atoms with van der Waals surface area (Å²) in [7, 11) is 0. The zero-order chi connectivity index (χ0) is 14.0. The van der Waals surface area contributed by atoms with Crippen molar-refractivity contribution in [3.8, 4) is 0 Å². The minimum atomic E-state index is -1.13. The standard InChI is InChI=1S/C15H20O4/c1-8-10(16)4-5-14(3)6-7-15(18)9(2)13(17)19-12(15)11(8)14/h9,12,18H,4-7H2,1-3H3/t9-,12-,14+,15-/m0/s1. The highest BCUT2D eigenvalue weighted by Gasteiger charge is 2.62. The summed E-state index contributed by atoms with van der Waals surface area (Å²) in [6, 6.07) is 0. The molecule has 1 aliphatic heterocycles.